The Labute approximate surface area is 108 Å². The molecule has 102 valence electrons. The normalized spacial score (nSPS) is 15.0. The Hall–Kier alpha value is -1.70. The fourth-order valence-electron chi connectivity index (χ4n) is 1.63. The molecule has 2 unspecified atom stereocenters. The van der Waals surface area contributed by atoms with E-state index in [1.54, 1.807) is 0 Å². The summed E-state index contributed by atoms with van der Waals surface area (Å²) in [5.41, 5.74) is -1.24. The van der Waals surface area contributed by atoms with Crippen molar-refractivity contribution >= 4 is 12.0 Å². The summed E-state index contributed by atoms with van der Waals surface area (Å²) in [4.78, 5) is 22.9. The molecule has 0 aromatic heterocycles. The molecule has 0 aliphatic carbocycles. The van der Waals surface area contributed by atoms with Crippen LogP contribution in [-0.2, 0) is 4.79 Å². The first-order valence-corrected chi connectivity index (χ1v) is 6.15. The smallest absolute Gasteiger partial charge is 0.329 e. The van der Waals surface area contributed by atoms with Crippen LogP contribution in [0.5, 0.6) is 0 Å². The van der Waals surface area contributed by atoms with Gasteiger partial charge in [-0.3, -0.25) is 0 Å². The molecule has 0 heterocycles. The molecule has 5 heteroatoms. The lowest BCUT2D eigenvalue weighted by molar-refractivity contribution is -0.144. The zero-order chi connectivity index (χ0) is 14.2. The largest absolute Gasteiger partial charge is 0.480 e. The maximum absolute atomic E-state index is 11.7. The highest BCUT2D eigenvalue weighted by Crippen LogP contribution is 2.12. The third-order valence-corrected chi connectivity index (χ3v) is 2.80. The molecule has 0 rings (SSSR count). The van der Waals surface area contributed by atoms with E-state index in [1.165, 1.54) is 6.92 Å². The summed E-state index contributed by atoms with van der Waals surface area (Å²) in [6.07, 6.45) is 7.37. The van der Waals surface area contributed by atoms with Crippen molar-refractivity contribution in [2.24, 2.45) is 0 Å². The van der Waals surface area contributed by atoms with E-state index >= 15 is 0 Å². The zero-order valence-corrected chi connectivity index (χ0v) is 11.2. The SMILES string of the molecule is C#CCC(CC)NC(=O)NC(C)(CCC)C(=O)O. The minimum Gasteiger partial charge on any atom is -0.480 e. The average molecular weight is 254 g/mol. The van der Waals surface area contributed by atoms with Crippen LogP contribution in [0, 0.1) is 12.3 Å². The predicted molar refractivity (Wildman–Crippen MR) is 70.1 cm³/mol. The van der Waals surface area contributed by atoms with Crippen LogP contribution in [0.25, 0.3) is 0 Å². The molecule has 3 N–H and O–H groups in total. The first-order valence-electron chi connectivity index (χ1n) is 6.15. The maximum Gasteiger partial charge on any atom is 0.329 e. The fraction of sp³-hybridized carbons (Fsp3) is 0.692. The van der Waals surface area contributed by atoms with Crippen molar-refractivity contribution in [1.29, 1.82) is 0 Å². The van der Waals surface area contributed by atoms with Crippen LogP contribution in [-0.4, -0.2) is 28.7 Å². The number of urea groups is 1. The Balaban J connectivity index is 4.52. The number of nitrogens with one attached hydrogen (secondary N) is 2. The summed E-state index contributed by atoms with van der Waals surface area (Å²) in [6.45, 7) is 5.28. The summed E-state index contributed by atoms with van der Waals surface area (Å²) < 4.78 is 0. The summed E-state index contributed by atoms with van der Waals surface area (Å²) in [5, 5.41) is 14.3. The van der Waals surface area contributed by atoms with E-state index in [-0.39, 0.29) is 6.04 Å². The van der Waals surface area contributed by atoms with Crippen LogP contribution in [0.15, 0.2) is 0 Å². The van der Waals surface area contributed by atoms with Crippen LogP contribution in [0.1, 0.15) is 46.5 Å². The summed E-state index contributed by atoms with van der Waals surface area (Å²) >= 11 is 0. The molecule has 0 radical (unpaired) electrons. The average Bonchev–Trinajstić information content (AvgIpc) is 2.28. The van der Waals surface area contributed by atoms with Gasteiger partial charge in [-0.2, -0.15) is 0 Å². The maximum atomic E-state index is 11.7. The van der Waals surface area contributed by atoms with E-state index < -0.39 is 17.5 Å². The van der Waals surface area contributed by atoms with E-state index in [0.29, 0.717) is 25.7 Å². The highest BCUT2D eigenvalue weighted by atomic mass is 16.4. The number of carbonyl (C=O) groups excluding carboxylic acids is 1. The van der Waals surface area contributed by atoms with Crippen molar-refractivity contribution in [1.82, 2.24) is 10.6 Å². The standard InChI is InChI=1S/C13H22N2O3/c1-5-8-10(7-3)14-12(18)15-13(4,9-6-2)11(16)17/h1,10H,6-9H2,2-4H3,(H,16,17)(H2,14,15,18). The van der Waals surface area contributed by atoms with Crippen LogP contribution >= 0.6 is 0 Å². The van der Waals surface area contributed by atoms with Gasteiger partial charge in [0.05, 0.1) is 0 Å². The van der Waals surface area contributed by atoms with E-state index in [9.17, 15) is 9.59 Å². The van der Waals surface area contributed by atoms with E-state index in [2.05, 4.69) is 16.6 Å². The number of amides is 2. The second-order valence-corrected chi connectivity index (χ2v) is 4.50. The van der Waals surface area contributed by atoms with Crippen molar-refractivity contribution in [3.63, 3.8) is 0 Å². The monoisotopic (exact) mass is 254 g/mol. The van der Waals surface area contributed by atoms with Gasteiger partial charge in [0.25, 0.3) is 0 Å². The number of terminal acetylenes is 1. The second kappa shape index (κ2) is 7.59. The predicted octanol–water partition coefficient (Wildman–Crippen LogP) is 1.73. The highest BCUT2D eigenvalue weighted by Gasteiger charge is 2.34. The Bertz CT molecular complexity index is 336. The zero-order valence-electron chi connectivity index (χ0n) is 11.2. The van der Waals surface area contributed by atoms with Crippen molar-refractivity contribution in [3.8, 4) is 12.3 Å². The first-order chi connectivity index (χ1) is 8.39. The molecule has 0 aliphatic rings. The molecular formula is C13H22N2O3. The molecular weight excluding hydrogens is 232 g/mol. The van der Waals surface area contributed by atoms with Gasteiger partial charge < -0.3 is 15.7 Å². The number of aliphatic carboxylic acids is 1. The van der Waals surface area contributed by atoms with Gasteiger partial charge in [0, 0.05) is 12.5 Å². The van der Waals surface area contributed by atoms with Gasteiger partial charge in [-0.1, -0.05) is 20.3 Å². The van der Waals surface area contributed by atoms with E-state index in [0.717, 1.165) is 0 Å². The number of hydrogen-bond acceptors (Lipinski definition) is 2. The number of carboxylic acids is 1. The first kappa shape index (κ1) is 16.3. The summed E-state index contributed by atoms with van der Waals surface area (Å²) in [5.74, 6) is 1.44. The molecule has 18 heavy (non-hydrogen) atoms. The molecule has 0 bridgehead atoms. The molecule has 0 aromatic carbocycles. The third-order valence-electron chi connectivity index (χ3n) is 2.80. The Morgan fingerprint density at radius 1 is 1.44 bits per heavy atom. The lowest BCUT2D eigenvalue weighted by Gasteiger charge is -2.27. The van der Waals surface area contributed by atoms with Gasteiger partial charge >= 0.3 is 12.0 Å². The molecule has 0 saturated carbocycles. The third kappa shape index (κ3) is 5.09. The topological polar surface area (TPSA) is 78.4 Å². The fourth-order valence-corrected chi connectivity index (χ4v) is 1.63. The molecule has 0 fully saturated rings. The van der Waals surface area contributed by atoms with Gasteiger partial charge in [-0.05, 0) is 19.8 Å². The van der Waals surface area contributed by atoms with Gasteiger partial charge in [-0.25, -0.2) is 9.59 Å². The van der Waals surface area contributed by atoms with Crippen LogP contribution in [0.2, 0.25) is 0 Å². The van der Waals surface area contributed by atoms with Gasteiger partial charge in [0.15, 0.2) is 0 Å². The lowest BCUT2D eigenvalue weighted by atomic mass is 9.96. The van der Waals surface area contributed by atoms with Gasteiger partial charge in [0.1, 0.15) is 5.54 Å². The Morgan fingerprint density at radius 3 is 2.44 bits per heavy atom. The van der Waals surface area contributed by atoms with E-state index in [4.69, 9.17) is 11.5 Å². The molecule has 0 aliphatic heterocycles. The summed E-state index contributed by atoms with van der Waals surface area (Å²) in [6, 6.07) is -0.620. The molecule has 0 saturated heterocycles. The van der Waals surface area contributed by atoms with Crippen molar-refractivity contribution in [3.05, 3.63) is 0 Å². The van der Waals surface area contributed by atoms with Crippen LogP contribution < -0.4 is 10.6 Å². The summed E-state index contributed by atoms with van der Waals surface area (Å²) in [7, 11) is 0. The van der Waals surface area contributed by atoms with Crippen molar-refractivity contribution in [2.75, 3.05) is 0 Å². The molecule has 0 aromatic rings. The van der Waals surface area contributed by atoms with Crippen molar-refractivity contribution in [2.45, 2.75) is 58.0 Å². The minimum absolute atomic E-state index is 0.130. The lowest BCUT2D eigenvalue weighted by Crippen LogP contribution is -2.56. The second-order valence-electron chi connectivity index (χ2n) is 4.50. The van der Waals surface area contributed by atoms with E-state index in [1.807, 2.05) is 13.8 Å². The van der Waals surface area contributed by atoms with Crippen LogP contribution in [0.3, 0.4) is 0 Å². The molecule has 5 nitrogen and oxygen atoms in total. The number of carboxylic acid groups (broad SMARTS) is 1. The number of hydrogen-bond donors (Lipinski definition) is 3. The van der Waals surface area contributed by atoms with Gasteiger partial charge in [-0.15, -0.1) is 12.3 Å². The number of carbonyl (C=O) groups is 2. The molecule has 0 spiro atoms. The van der Waals surface area contributed by atoms with Crippen LogP contribution in [0.4, 0.5) is 4.79 Å². The number of rotatable bonds is 7. The van der Waals surface area contributed by atoms with Gasteiger partial charge in [0.2, 0.25) is 0 Å². The highest BCUT2D eigenvalue weighted by molar-refractivity contribution is 5.85. The molecule has 2 atom stereocenters. The minimum atomic E-state index is -1.24. The quantitative estimate of drug-likeness (QED) is 0.605. The Kier molecular flexibility index (Phi) is 6.88. The Morgan fingerprint density at radius 2 is 2.06 bits per heavy atom. The van der Waals surface area contributed by atoms with Crippen molar-refractivity contribution < 1.29 is 14.7 Å². The molecule has 2 amide bonds.